The Morgan fingerprint density at radius 2 is 2.07 bits per heavy atom. The second kappa shape index (κ2) is 11.7. The summed E-state index contributed by atoms with van der Waals surface area (Å²) < 4.78 is 17.2. The molecule has 6 nitrogen and oxygen atoms in total. The van der Waals surface area contributed by atoms with E-state index in [4.69, 9.17) is 21.7 Å². The summed E-state index contributed by atoms with van der Waals surface area (Å²) in [6.45, 7) is 5.26. The molecule has 1 aromatic carbocycles. The number of carbonyl (C=O) groups excluding carboxylic acids is 2. The average Bonchev–Trinajstić information content (AvgIpc) is 2.96. The third-order valence-electron chi connectivity index (χ3n) is 4.36. The number of nitrogens with zero attached hydrogens (tertiary/aromatic N) is 1. The van der Waals surface area contributed by atoms with Gasteiger partial charge in [-0.2, -0.15) is 0 Å². The van der Waals surface area contributed by atoms with Crippen molar-refractivity contribution in [2.24, 2.45) is 5.92 Å². The Hall–Kier alpha value is -1.58. The summed E-state index contributed by atoms with van der Waals surface area (Å²) in [6.07, 6.45) is 3.46. The van der Waals surface area contributed by atoms with Crippen LogP contribution in [0.2, 0.25) is 0 Å². The van der Waals surface area contributed by atoms with Crippen molar-refractivity contribution in [1.29, 1.82) is 0 Å². The van der Waals surface area contributed by atoms with Gasteiger partial charge in [-0.3, -0.25) is 14.5 Å². The number of halogens is 1. The van der Waals surface area contributed by atoms with Gasteiger partial charge in [-0.15, -0.1) is 0 Å². The molecule has 0 unspecified atom stereocenters. The SMILES string of the molecule is COC(=O)CCCN1C(=O)/C(=C\c2cc(Br)c(OCCC(C)C)c(OC)c2)SC1=S. The fourth-order valence-corrected chi connectivity index (χ4v) is 4.57. The molecule has 0 N–H and O–H groups in total. The summed E-state index contributed by atoms with van der Waals surface area (Å²) in [4.78, 5) is 26.1. The van der Waals surface area contributed by atoms with Gasteiger partial charge in [-0.25, -0.2) is 0 Å². The highest BCUT2D eigenvalue weighted by Crippen LogP contribution is 2.39. The Morgan fingerprint density at radius 3 is 2.70 bits per heavy atom. The Labute approximate surface area is 195 Å². The molecule has 2 rings (SSSR count). The molecule has 9 heteroatoms. The first-order valence-corrected chi connectivity index (χ1v) is 11.6. The van der Waals surface area contributed by atoms with Crippen LogP contribution in [0.4, 0.5) is 0 Å². The predicted octanol–water partition coefficient (Wildman–Crippen LogP) is 5.04. The van der Waals surface area contributed by atoms with E-state index in [1.54, 1.807) is 13.2 Å². The van der Waals surface area contributed by atoms with E-state index >= 15 is 0 Å². The lowest BCUT2D eigenvalue weighted by Crippen LogP contribution is -2.29. The van der Waals surface area contributed by atoms with Gasteiger partial charge in [0.2, 0.25) is 0 Å². The van der Waals surface area contributed by atoms with Crippen molar-refractivity contribution in [1.82, 2.24) is 4.90 Å². The second-order valence-electron chi connectivity index (χ2n) is 7.08. The van der Waals surface area contributed by atoms with Crippen LogP contribution in [0.25, 0.3) is 6.08 Å². The van der Waals surface area contributed by atoms with Gasteiger partial charge in [0.25, 0.3) is 5.91 Å². The molecule has 0 saturated carbocycles. The fourth-order valence-electron chi connectivity index (χ4n) is 2.69. The molecule has 1 fully saturated rings. The number of rotatable bonds is 10. The number of methoxy groups -OCH3 is 2. The van der Waals surface area contributed by atoms with Crippen LogP contribution in [0, 0.1) is 5.92 Å². The van der Waals surface area contributed by atoms with E-state index in [2.05, 4.69) is 34.5 Å². The van der Waals surface area contributed by atoms with Gasteiger partial charge in [0.1, 0.15) is 4.32 Å². The largest absolute Gasteiger partial charge is 0.493 e. The standard InChI is InChI=1S/C21H26BrNO5S2/c1-13(2)7-9-28-19-15(22)10-14(11-16(19)26-3)12-17-20(25)23(21(29)30-17)8-5-6-18(24)27-4/h10-13H,5-9H2,1-4H3/b17-12+. The van der Waals surface area contributed by atoms with E-state index in [0.29, 0.717) is 46.2 Å². The number of ether oxygens (including phenoxy) is 3. The smallest absolute Gasteiger partial charge is 0.305 e. The Balaban J connectivity index is 2.13. The highest BCUT2D eigenvalue weighted by molar-refractivity contribution is 9.10. The molecule has 164 valence electrons. The van der Waals surface area contributed by atoms with Crippen LogP contribution >= 0.6 is 39.9 Å². The third kappa shape index (κ3) is 6.72. The fraction of sp³-hybridized carbons (Fsp3) is 0.476. The summed E-state index contributed by atoms with van der Waals surface area (Å²) in [5, 5.41) is 0. The normalized spacial score (nSPS) is 15.3. The maximum atomic E-state index is 12.7. The lowest BCUT2D eigenvalue weighted by molar-refractivity contribution is -0.141. The molecule has 0 aromatic heterocycles. The van der Waals surface area contributed by atoms with E-state index in [0.717, 1.165) is 16.5 Å². The molecule has 0 bridgehead atoms. The van der Waals surface area contributed by atoms with E-state index in [1.807, 2.05) is 12.1 Å². The summed E-state index contributed by atoms with van der Waals surface area (Å²) in [6, 6.07) is 3.72. The van der Waals surface area contributed by atoms with Crippen molar-refractivity contribution in [3.8, 4) is 11.5 Å². The van der Waals surface area contributed by atoms with Gasteiger partial charge < -0.3 is 14.2 Å². The number of thioether (sulfide) groups is 1. The van der Waals surface area contributed by atoms with Crippen molar-refractivity contribution in [3.63, 3.8) is 0 Å². The van der Waals surface area contributed by atoms with Crippen LogP contribution in [-0.2, 0) is 14.3 Å². The highest BCUT2D eigenvalue weighted by Gasteiger charge is 2.31. The Kier molecular flexibility index (Phi) is 9.64. The number of esters is 1. The van der Waals surface area contributed by atoms with Gasteiger partial charge in [0.15, 0.2) is 11.5 Å². The predicted molar refractivity (Wildman–Crippen MR) is 127 cm³/mol. The van der Waals surface area contributed by atoms with Crippen molar-refractivity contribution < 1.29 is 23.8 Å². The molecule has 1 aromatic rings. The molecule has 0 radical (unpaired) electrons. The first-order chi connectivity index (χ1) is 14.3. The molecule has 0 atom stereocenters. The first-order valence-electron chi connectivity index (χ1n) is 9.59. The van der Waals surface area contributed by atoms with Gasteiger partial charge in [0.05, 0.1) is 30.2 Å². The maximum absolute atomic E-state index is 12.7. The third-order valence-corrected chi connectivity index (χ3v) is 6.32. The van der Waals surface area contributed by atoms with Crippen LogP contribution in [0.1, 0.15) is 38.7 Å². The second-order valence-corrected chi connectivity index (χ2v) is 9.61. The molecule has 1 aliphatic rings. The molecule has 0 spiro atoms. The van der Waals surface area contributed by atoms with Crippen molar-refractivity contribution in [2.45, 2.75) is 33.1 Å². The minimum absolute atomic E-state index is 0.165. The molecule has 1 amide bonds. The molecule has 30 heavy (non-hydrogen) atoms. The van der Waals surface area contributed by atoms with Crippen LogP contribution < -0.4 is 9.47 Å². The molecule has 1 heterocycles. The van der Waals surface area contributed by atoms with E-state index in [1.165, 1.54) is 23.8 Å². The van der Waals surface area contributed by atoms with Gasteiger partial charge in [-0.1, -0.05) is 37.8 Å². The monoisotopic (exact) mass is 515 g/mol. The Morgan fingerprint density at radius 1 is 1.33 bits per heavy atom. The highest BCUT2D eigenvalue weighted by atomic mass is 79.9. The van der Waals surface area contributed by atoms with E-state index in [-0.39, 0.29) is 18.3 Å². The van der Waals surface area contributed by atoms with Gasteiger partial charge in [0, 0.05) is 13.0 Å². The number of hydrogen-bond acceptors (Lipinski definition) is 7. The molecular weight excluding hydrogens is 490 g/mol. The average molecular weight is 516 g/mol. The zero-order valence-corrected chi connectivity index (χ0v) is 20.7. The zero-order chi connectivity index (χ0) is 22.3. The maximum Gasteiger partial charge on any atom is 0.305 e. The number of hydrogen-bond donors (Lipinski definition) is 0. The van der Waals surface area contributed by atoms with E-state index in [9.17, 15) is 9.59 Å². The van der Waals surface area contributed by atoms with Gasteiger partial charge in [-0.05, 0) is 58.5 Å². The number of amides is 1. The lowest BCUT2D eigenvalue weighted by Gasteiger charge is -2.14. The van der Waals surface area contributed by atoms with Crippen molar-refractivity contribution in [3.05, 3.63) is 27.1 Å². The van der Waals surface area contributed by atoms with E-state index < -0.39 is 0 Å². The first kappa shape index (κ1) is 24.7. The summed E-state index contributed by atoms with van der Waals surface area (Å²) in [5.74, 6) is 1.31. The van der Waals surface area contributed by atoms with Crippen LogP contribution in [0.15, 0.2) is 21.5 Å². The summed E-state index contributed by atoms with van der Waals surface area (Å²) in [7, 11) is 2.93. The van der Waals surface area contributed by atoms with Crippen LogP contribution in [0.3, 0.4) is 0 Å². The van der Waals surface area contributed by atoms with Crippen molar-refractivity contribution in [2.75, 3.05) is 27.4 Å². The zero-order valence-electron chi connectivity index (χ0n) is 17.5. The lowest BCUT2D eigenvalue weighted by atomic mass is 10.1. The van der Waals surface area contributed by atoms with Crippen molar-refractivity contribution >= 4 is 62.2 Å². The Bertz CT molecular complexity index is 841. The molecule has 1 aliphatic heterocycles. The molecular formula is C21H26BrNO5S2. The summed E-state index contributed by atoms with van der Waals surface area (Å²) in [5.41, 5.74) is 0.796. The summed E-state index contributed by atoms with van der Waals surface area (Å²) >= 11 is 10.1. The van der Waals surface area contributed by atoms with Gasteiger partial charge >= 0.3 is 5.97 Å². The number of benzene rings is 1. The molecule has 0 aliphatic carbocycles. The number of thiocarbonyl (C=S) groups is 1. The molecule has 1 saturated heterocycles. The van der Waals surface area contributed by atoms with Crippen LogP contribution in [-0.4, -0.2) is 48.5 Å². The minimum atomic E-state index is -0.302. The minimum Gasteiger partial charge on any atom is -0.493 e. The quantitative estimate of drug-likeness (QED) is 0.245. The number of carbonyl (C=O) groups is 2. The topological polar surface area (TPSA) is 65.1 Å². The van der Waals surface area contributed by atoms with Crippen LogP contribution in [0.5, 0.6) is 11.5 Å².